The van der Waals surface area contributed by atoms with Gasteiger partial charge in [0.05, 0.1) is 46.1 Å². The predicted octanol–water partition coefficient (Wildman–Crippen LogP) is 3.92. The van der Waals surface area contributed by atoms with Crippen molar-refractivity contribution in [1.29, 1.82) is 0 Å². The topological polar surface area (TPSA) is 99.2 Å². The van der Waals surface area contributed by atoms with E-state index in [-0.39, 0.29) is 18.2 Å². The van der Waals surface area contributed by atoms with E-state index < -0.39 is 12.0 Å². The molecular formula is C28H31N3O6. The molecule has 0 saturated carbocycles. The van der Waals surface area contributed by atoms with Crippen LogP contribution in [0.15, 0.2) is 60.9 Å². The van der Waals surface area contributed by atoms with Crippen molar-refractivity contribution >= 4 is 17.5 Å². The van der Waals surface area contributed by atoms with Gasteiger partial charge in [0, 0.05) is 37.5 Å². The second-order valence-corrected chi connectivity index (χ2v) is 8.59. The molecule has 1 aliphatic rings. The van der Waals surface area contributed by atoms with Gasteiger partial charge in [-0.15, -0.1) is 0 Å². The smallest absolute Gasteiger partial charge is 0.227 e. The van der Waals surface area contributed by atoms with E-state index in [1.165, 1.54) is 21.3 Å². The van der Waals surface area contributed by atoms with Gasteiger partial charge in [-0.3, -0.25) is 14.6 Å². The second-order valence-electron chi connectivity index (χ2n) is 8.59. The first-order chi connectivity index (χ1) is 18.0. The minimum Gasteiger partial charge on any atom is -0.497 e. The lowest BCUT2D eigenvalue weighted by molar-refractivity contribution is -0.129. The average Bonchev–Trinajstić information content (AvgIpc) is 2.95. The van der Waals surface area contributed by atoms with Crippen LogP contribution in [0.1, 0.15) is 30.0 Å². The molecule has 1 aliphatic heterocycles. The van der Waals surface area contributed by atoms with Crippen molar-refractivity contribution in [2.24, 2.45) is 5.92 Å². The number of aromatic nitrogens is 1. The number of nitrogens with one attached hydrogen (secondary N) is 1. The summed E-state index contributed by atoms with van der Waals surface area (Å²) in [6.45, 7) is 0.344. The Kier molecular flexibility index (Phi) is 8.12. The summed E-state index contributed by atoms with van der Waals surface area (Å²) >= 11 is 0. The molecule has 1 fully saturated rings. The Labute approximate surface area is 216 Å². The maximum atomic E-state index is 13.5. The van der Waals surface area contributed by atoms with E-state index in [1.807, 2.05) is 36.4 Å². The van der Waals surface area contributed by atoms with E-state index in [1.54, 1.807) is 36.5 Å². The second kappa shape index (κ2) is 11.6. The fourth-order valence-electron chi connectivity index (χ4n) is 4.68. The van der Waals surface area contributed by atoms with Crippen LogP contribution in [0.5, 0.6) is 23.0 Å². The van der Waals surface area contributed by atoms with E-state index in [0.29, 0.717) is 41.7 Å². The monoisotopic (exact) mass is 505 g/mol. The van der Waals surface area contributed by atoms with Crippen LogP contribution in [0, 0.1) is 5.92 Å². The number of benzene rings is 2. The maximum Gasteiger partial charge on any atom is 0.227 e. The summed E-state index contributed by atoms with van der Waals surface area (Å²) < 4.78 is 21.9. The highest BCUT2D eigenvalue weighted by Crippen LogP contribution is 2.46. The first kappa shape index (κ1) is 25.8. The lowest BCUT2D eigenvalue weighted by Gasteiger charge is -2.41. The molecule has 9 nitrogen and oxygen atoms in total. The number of ether oxygens (including phenoxy) is 4. The van der Waals surface area contributed by atoms with Gasteiger partial charge in [0.15, 0.2) is 11.5 Å². The van der Waals surface area contributed by atoms with Crippen LogP contribution < -0.4 is 29.2 Å². The molecule has 1 N–H and O–H groups in total. The Morgan fingerprint density at radius 2 is 1.70 bits per heavy atom. The van der Waals surface area contributed by atoms with Crippen LogP contribution in [0.4, 0.5) is 5.69 Å². The zero-order valence-corrected chi connectivity index (χ0v) is 21.4. The van der Waals surface area contributed by atoms with E-state index in [4.69, 9.17) is 18.9 Å². The summed E-state index contributed by atoms with van der Waals surface area (Å²) in [7, 11) is 6.16. The van der Waals surface area contributed by atoms with E-state index in [2.05, 4.69) is 10.3 Å². The highest BCUT2D eigenvalue weighted by Gasteiger charge is 2.42. The zero-order valence-electron chi connectivity index (χ0n) is 21.4. The van der Waals surface area contributed by atoms with E-state index >= 15 is 0 Å². The summed E-state index contributed by atoms with van der Waals surface area (Å²) in [6.07, 6.45) is 4.03. The largest absolute Gasteiger partial charge is 0.497 e. The average molecular weight is 506 g/mol. The quantitative estimate of drug-likeness (QED) is 0.471. The minimum absolute atomic E-state index is 0.105. The van der Waals surface area contributed by atoms with E-state index in [9.17, 15) is 9.59 Å². The van der Waals surface area contributed by atoms with Crippen molar-refractivity contribution in [1.82, 2.24) is 10.3 Å². The molecule has 9 heteroatoms. The minimum atomic E-state index is -0.566. The summed E-state index contributed by atoms with van der Waals surface area (Å²) in [4.78, 5) is 32.8. The molecule has 2 amide bonds. The highest BCUT2D eigenvalue weighted by molar-refractivity contribution is 5.98. The fourth-order valence-corrected chi connectivity index (χ4v) is 4.68. The number of pyridine rings is 1. The molecule has 0 bridgehead atoms. The number of hydrogen-bond acceptors (Lipinski definition) is 7. The Bertz CT molecular complexity index is 1210. The van der Waals surface area contributed by atoms with Gasteiger partial charge < -0.3 is 29.2 Å². The highest BCUT2D eigenvalue weighted by atomic mass is 16.5. The maximum absolute atomic E-state index is 13.5. The van der Waals surface area contributed by atoms with Crippen LogP contribution in [-0.2, 0) is 16.1 Å². The number of amides is 2. The normalized spacial score (nSPS) is 17.2. The molecule has 1 saturated heterocycles. The van der Waals surface area contributed by atoms with Gasteiger partial charge in [-0.05, 0) is 35.7 Å². The lowest BCUT2D eigenvalue weighted by atomic mass is 9.83. The number of piperidine rings is 1. The van der Waals surface area contributed by atoms with Crippen molar-refractivity contribution in [2.75, 3.05) is 33.3 Å². The number of methoxy groups -OCH3 is 4. The van der Waals surface area contributed by atoms with Gasteiger partial charge in [-0.2, -0.15) is 0 Å². The molecule has 37 heavy (non-hydrogen) atoms. The summed E-state index contributed by atoms with van der Waals surface area (Å²) in [5.74, 6) is 1.19. The van der Waals surface area contributed by atoms with Crippen molar-refractivity contribution in [3.63, 3.8) is 0 Å². The molecular weight excluding hydrogens is 474 g/mol. The third kappa shape index (κ3) is 5.45. The van der Waals surface area contributed by atoms with Crippen molar-refractivity contribution in [2.45, 2.75) is 25.4 Å². The summed E-state index contributed by atoms with van der Waals surface area (Å²) in [6, 6.07) is 14.0. The Balaban J connectivity index is 1.76. The number of rotatable bonds is 9. The van der Waals surface area contributed by atoms with Gasteiger partial charge in [-0.25, -0.2) is 0 Å². The zero-order chi connectivity index (χ0) is 26.4. The van der Waals surface area contributed by atoms with Crippen LogP contribution in [-0.4, -0.2) is 45.2 Å². The van der Waals surface area contributed by atoms with Crippen molar-refractivity contribution in [3.05, 3.63) is 72.1 Å². The summed E-state index contributed by atoms with van der Waals surface area (Å²) in [5, 5.41) is 3.03. The van der Waals surface area contributed by atoms with Crippen molar-refractivity contribution in [3.8, 4) is 23.0 Å². The molecule has 2 unspecified atom stereocenters. The number of carbonyl (C=O) groups is 2. The molecule has 1 aromatic heterocycles. The van der Waals surface area contributed by atoms with Crippen molar-refractivity contribution < 1.29 is 28.5 Å². The summed E-state index contributed by atoms with van der Waals surface area (Å²) in [5.41, 5.74) is 2.25. The standard InChI is InChI=1S/C28H31N3O6/c1-34-21-9-7-19(8-10-21)26-22(28(33)30-17-18-6-5-13-29-16-18)11-12-25(32)31(26)20-14-23(35-2)27(37-4)24(15-20)36-3/h5-10,13-16,22,26H,11-12,17H2,1-4H3,(H,30,33). The first-order valence-electron chi connectivity index (χ1n) is 11.9. The molecule has 4 rings (SSSR count). The predicted molar refractivity (Wildman–Crippen MR) is 138 cm³/mol. The van der Waals surface area contributed by atoms with Gasteiger partial charge in [0.2, 0.25) is 17.6 Å². The van der Waals surface area contributed by atoms with Crippen LogP contribution in [0.25, 0.3) is 0 Å². The first-order valence-corrected chi connectivity index (χ1v) is 11.9. The number of hydrogen-bond donors (Lipinski definition) is 1. The lowest BCUT2D eigenvalue weighted by Crippen LogP contribution is -2.48. The van der Waals surface area contributed by atoms with Gasteiger partial charge in [0.25, 0.3) is 0 Å². The molecule has 0 aliphatic carbocycles. The number of carbonyl (C=O) groups excluding carboxylic acids is 2. The molecule has 2 aromatic carbocycles. The van der Waals surface area contributed by atoms with E-state index in [0.717, 1.165) is 11.1 Å². The molecule has 194 valence electrons. The van der Waals surface area contributed by atoms with Gasteiger partial charge >= 0.3 is 0 Å². The van der Waals surface area contributed by atoms with Crippen LogP contribution >= 0.6 is 0 Å². The van der Waals surface area contributed by atoms with Crippen LogP contribution in [0.2, 0.25) is 0 Å². The molecule has 3 aromatic rings. The third-order valence-electron chi connectivity index (χ3n) is 6.51. The molecule has 0 spiro atoms. The Morgan fingerprint density at radius 1 is 1.00 bits per heavy atom. The molecule has 2 heterocycles. The van der Waals surface area contributed by atoms with Gasteiger partial charge in [-0.1, -0.05) is 18.2 Å². The third-order valence-corrected chi connectivity index (χ3v) is 6.51. The number of nitrogens with zero attached hydrogens (tertiary/aromatic N) is 2. The number of anilines is 1. The molecule has 0 radical (unpaired) electrons. The van der Waals surface area contributed by atoms with Crippen LogP contribution in [0.3, 0.4) is 0 Å². The van der Waals surface area contributed by atoms with Gasteiger partial charge in [0.1, 0.15) is 5.75 Å². The SMILES string of the molecule is COc1ccc(C2C(C(=O)NCc3cccnc3)CCC(=O)N2c2cc(OC)c(OC)c(OC)c2)cc1. The Morgan fingerprint density at radius 3 is 2.27 bits per heavy atom. The molecule has 2 atom stereocenters. The Hall–Kier alpha value is -4.27. The fraction of sp³-hybridized carbons (Fsp3) is 0.321.